The predicted molar refractivity (Wildman–Crippen MR) is 95.3 cm³/mol. The molecule has 0 radical (unpaired) electrons. The van der Waals surface area contributed by atoms with Crippen molar-refractivity contribution in [1.29, 1.82) is 0 Å². The number of carboxylic acids is 1. The molecule has 2 atom stereocenters. The number of nitro groups is 1. The van der Waals surface area contributed by atoms with E-state index in [1.165, 1.54) is 26.4 Å². The number of fused-ring (bicyclic) bond motifs is 1. The van der Waals surface area contributed by atoms with Gasteiger partial charge in [-0.05, 0) is 17.7 Å². The number of hydrogen-bond acceptors (Lipinski definition) is 6. The lowest BCUT2D eigenvalue weighted by atomic mass is 9.89. The van der Waals surface area contributed by atoms with Crippen LogP contribution in [0.3, 0.4) is 0 Å². The molecule has 1 aliphatic rings. The van der Waals surface area contributed by atoms with Crippen LogP contribution in [0.2, 0.25) is 0 Å². The summed E-state index contributed by atoms with van der Waals surface area (Å²) in [7, 11) is 3.06. The maximum Gasteiger partial charge on any atom is 0.333 e. The van der Waals surface area contributed by atoms with Crippen LogP contribution < -0.4 is 9.47 Å². The highest BCUT2D eigenvalue weighted by Gasteiger charge is 2.36. The van der Waals surface area contributed by atoms with Crippen LogP contribution in [-0.2, 0) is 22.4 Å². The number of carboxylic acid groups (broad SMARTS) is 1. The third-order valence-electron chi connectivity index (χ3n) is 4.60. The number of hydrogen-bond donors (Lipinski definition) is 1. The van der Waals surface area contributed by atoms with Crippen molar-refractivity contribution >= 4 is 11.7 Å². The normalized spacial score (nSPS) is 18.4. The molecule has 1 heterocycles. The molecule has 0 bridgehead atoms. The molecule has 27 heavy (non-hydrogen) atoms. The zero-order valence-electron chi connectivity index (χ0n) is 14.9. The summed E-state index contributed by atoms with van der Waals surface area (Å²) in [5.74, 6) is 0.106. The maximum absolute atomic E-state index is 11.6. The third-order valence-corrected chi connectivity index (χ3v) is 4.60. The average Bonchev–Trinajstić information content (AvgIpc) is 2.67. The molecule has 0 amide bonds. The highest BCUT2D eigenvalue weighted by atomic mass is 16.6. The summed E-state index contributed by atoms with van der Waals surface area (Å²) in [4.78, 5) is 21.9. The average molecular weight is 373 g/mol. The van der Waals surface area contributed by atoms with Gasteiger partial charge in [-0.2, -0.15) is 0 Å². The predicted octanol–water partition coefficient (Wildman–Crippen LogP) is 2.92. The summed E-state index contributed by atoms with van der Waals surface area (Å²) in [6, 6.07) is 9.60. The molecule has 2 aromatic rings. The number of nitrogens with zero attached hydrogens (tertiary/aromatic N) is 1. The first kappa shape index (κ1) is 18.7. The molecule has 142 valence electrons. The molecular weight excluding hydrogens is 354 g/mol. The number of ether oxygens (including phenoxy) is 3. The van der Waals surface area contributed by atoms with Crippen LogP contribution in [0.5, 0.6) is 11.5 Å². The number of non-ortho nitro benzene ring substituents is 1. The molecule has 2 aromatic carbocycles. The summed E-state index contributed by atoms with van der Waals surface area (Å²) >= 11 is 0. The van der Waals surface area contributed by atoms with Gasteiger partial charge < -0.3 is 19.3 Å². The lowest BCUT2D eigenvalue weighted by Crippen LogP contribution is -2.34. The Morgan fingerprint density at radius 2 is 1.81 bits per heavy atom. The minimum absolute atomic E-state index is 0.00799. The number of nitro benzene ring substituents is 1. The Bertz CT molecular complexity index is 863. The highest BCUT2D eigenvalue weighted by molar-refractivity contribution is 5.74. The van der Waals surface area contributed by atoms with Gasteiger partial charge in [0.25, 0.3) is 5.69 Å². The number of benzene rings is 2. The van der Waals surface area contributed by atoms with Crippen LogP contribution in [0.1, 0.15) is 22.8 Å². The molecule has 0 saturated carbocycles. The number of rotatable bonds is 6. The Kier molecular flexibility index (Phi) is 5.27. The molecule has 8 heteroatoms. The van der Waals surface area contributed by atoms with Crippen molar-refractivity contribution in [3.63, 3.8) is 0 Å². The standard InChI is InChI=1S/C19H19NO7/c1-25-14-7-8-15(26-2)18-13(14)10-17(19(21)22)27-16(18)9-11-3-5-12(6-4-11)20(23)24/h3-8,16-17H,9-10H2,1-2H3,(H,21,22). The Labute approximate surface area is 155 Å². The van der Waals surface area contributed by atoms with Crippen molar-refractivity contribution in [3.05, 3.63) is 63.2 Å². The minimum atomic E-state index is -1.06. The van der Waals surface area contributed by atoms with Gasteiger partial charge >= 0.3 is 5.97 Å². The van der Waals surface area contributed by atoms with Crippen molar-refractivity contribution in [2.75, 3.05) is 14.2 Å². The van der Waals surface area contributed by atoms with Gasteiger partial charge in [0, 0.05) is 36.1 Å². The van der Waals surface area contributed by atoms with Gasteiger partial charge in [-0.15, -0.1) is 0 Å². The van der Waals surface area contributed by atoms with Gasteiger partial charge in [0.1, 0.15) is 11.5 Å². The van der Waals surface area contributed by atoms with Gasteiger partial charge in [0.05, 0.1) is 25.2 Å². The summed E-state index contributed by atoms with van der Waals surface area (Å²) in [6.07, 6.45) is -1.08. The van der Waals surface area contributed by atoms with Crippen LogP contribution in [0.4, 0.5) is 5.69 Å². The van der Waals surface area contributed by atoms with Crippen LogP contribution in [0, 0.1) is 10.1 Å². The van der Waals surface area contributed by atoms with Crippen molar-refractivity contribution < 1.29 is 29.0 Å². The van der Waals surface area contributed by atoms with Crippen LogP contribution in [-0.4, -0.2) is 36.3 Å². The molecule has 1 N–H and O–H groups in total. The Balaban J connectivity index is 2.01. The van der Waals surface area contributed by atoms with Gasteiger partial charge in [-0.3, -0.25) is 10.1 Å². The lowest BCUT2D eigenvalue weighted by molar-refractivity contribution is -0.384. The Morgan fingerprint density at radius 1 is 1.19 bits per heavy atom. The molecule has 2 unspecified atom stereocenters. The molecule has 3 rings (SSSR count). The van der Waals surface area contributed by atoms with E-state index in [4.69, 9.17) is 14.2 Å². The van der Waals surface area contributed by atoms with E-state index in [0.717, 1.165) is 16.7 Å². The summed E-state index contributed by atoms with van der Waals surface area (Å²) in [6.45, 7) is 0. The van der Waals surface area contributed by atoms with Gasteiger partial charge in [0.2, 0.25) is 0 Å². The van der Waals surface area contributed by atoms with E-state index in [0.29, 0.717) is 17.9 Å². The molecular formula is C19H19NO7. The molecule has 0 fully saturated rings. The molecule has 8 nitrogen and oxygen atoms in total. The van der Waals surface area contributed by atoms with E-state index >= 15 is 0 Å². The van der Waals surface area contributed by atoms with Crippen molar-refractivity contribution in [2.24, 2.45) is 0 Å². The van der Waals surface area contributed by atoms with Gasteiger partial charge in [-0.25, -0.2) is 4.79 Å². The first-order valence-corrected chi connectivity index (χ1v) is 8.30. The zero-order valence-corrected chi connectivity index (χ0v) is 14.9. The van der Waals surface area contributed by atoms with E-state index in [2.05, 4.69) is 0 Å². The maximum atomic E-state index is 11.6. The fourth-order valence-corrected chi connectivity index (χ4v) is 3.32. The van der Waals surface area contributed by atoms with Gasteiger partial charge in [0.15, 0.2) is 6.10 Å². The zero-order chi connectivity index (χ0) is 19.6. The fraction of sp³-hybridized carbons (Fsp3) is 0.316. The molecule has 1 aliphatic heterocycles. The van der Waals surface area contributed by atoms with E-state index in [1.54, 1.807) is 24.3 Å². The summed E-state index contributed by atoms with van der Waals surface area (Å²) in [5, 5.41) is 20.3. The number of methoxy groups -OCH3 is 2. The topological polar surface area (TPSA) is 108 Å². The Hall–Kier alpha value is -3.13. The largest absolute Gasteiger partial charge is 0.496 e. The van der Waals surface area contributed by atoms with E-state index in [-0.39, 0.29) is 12.1 Å². The van der Waals surface area contributed by atoms with Crippen LogP contribution >= 0.6 is 0 Å². The second-order valence-corrected chi connectivity index (χ2v) is 6.15. The van der Waals surface area contributed by atoms with Crippen LogP contribution in [0.15, 0.2) is 36.4 Å². The monoisotopic (exact) mass is 373 g/mol. The number of carbonyl (C=O) groups is 1. The van der Waals surface area contributed by atoms with Crippen molar-refractivity contribution in [1.82, 2.24) is 0 Å². The van der Waals surface area contributed by atoms with Crippen LogP contribution in [0.25, 0.3) is 0 Å². The fourth-order valence-electron chi connectivity index (χ4n) is 3.32. The first-order valence-electron chi connectivity index (χ1n) is 8.30. The minimum Gasteiger partial charge on any atom is -0.496 e. The molecule has 0 aromatic heterocycles. The highest BCUT2D eigenvalue weighted by Crippen LogP contribution is 2.43. The lowest BCUT2D eigenvalue weighted by Gasteiger charge is -2.32. The second-order valence-electron chi connectivity index (χ2n) is 6.15. The Morgan fingerprint density at radius 3 is 2.37 bits per heavy atom. The van der Waals surface area contributed by atoms with Crippen molar-refractivity contribution in [3.8, 4) is 11.5 Å². The molecule has 0 aliphatic carbocycles. The van der Waals surface area contributed by atoms with E-state index < -0.39 is 23.1 Å². The van der Waals surface area contributed by atoms with E-state index in [9.17, 15) is 20.0 Å². The quantitative estimate of drug-likeness (QED) is 0.612. The number of aliphatic carboxylic acids is 1. The van der Waals surface area contributed by atoms with Gasteiger partial charge in [-0.1, -0.05) is 12.1 Å². The SMILES string of the molecule is COc1ccc(OC)c2c1CC(C(=O)O)OC2Cc1ccc([N+](=O)[O-])cc1. The molecule has 0 saturated heterocycles. The molecule has 0 spiro atoms. The summed E-state index contributed by atoms with van der Waals surface area (Å²) < 4.78 is 16.7. The van der Waals surface area contributed by atoms with Crippen molar-refractivity contribution in [2.45, 2.75) is 25.0 Å². The van der Waals surface area contributed by atoms with E-state index in [1.807, 2.05) is 0 Å². The summed E-state index contributed by atoms with van der Waals surface area (Å²) in [5.41, 5.74) is 2.26. The smallest absolute Gasteiger partial charge is 0.333 e. The third kappa shape index (κ3) is 3.70. The first-order chi connectivity index (χ1) is 12.9. The second kappa shape index (κ2) is 7.63.